The first-order valence-corrected chi connectivity index (χ1v) is 15.4. The number of halogens is 2. The van der Waals surface area contributed by atoms with E-state index in [1.807, 2.05) is 24.4 Å². The molecule has 0 unspecified atom stereocenters. The number of carbonyl (C=O) groups excluding carboxylic acids is 1. The van der Waals surface area contributed by atoms with Gasteiger partial charge in [0.15, 0.2) is 5.83 Å². The van der Waals surface area contributed by atoms with Gasteiger partial charge in [-0.25, -0.2) is 9.37 Å². The predicted molar refractivity (Wildman–Crippen MR) is 166 cm³/mol. The molecule has 0 radical (unpaired) electrons. The molecule has 10 nitrogen and oxygen atoms in total. The Bertz CT molecular complexity index is 1590. The summed E-state index contributed by atoms with van der Waals surface area (Å²) >= 11 is 3.72. The number of nitriles is 1. The van der Waals surface area contributed by atoms with Gasteiger partial charge in [0.25, 0.3) is 5.91 Å². The summed E-state index contributed by atoms with van der Waals surface area (Å²) < 4.78 is 21.0. The first kappa shape index (κ1) is 29.3. The van der Waals surface area contributed by atoms with Crippen molar-refractivity contribution >= 4 is 44.2 Å². The number of aromatic nitrogens is 3. The van der Waals surface area contributed by atoms with Crippen molar-refractivity contribution in [1.29, 1.82) is 5.26 Å². The van der Waals surface area contributed by atoms with Crippen molar-refractivity contribution in [2.24, 2.45) is 0 Å². The minimum Gasteiger partial charge on any atom is -0.462 e. The number of likely N-dealkylation sites (tertiary alicyclic amines) is 1. The summed E-state index contributed by atoms with van der Waals surface area (Å²) in [5.41, 5.74) is 1.88. The van der Waals surface area contributed by atoms with Crippen LogP contribution >= 0.6 is 15.9 Å². The van der Waals surface area contributed by atoms with E-state index in [1.165, 1.54) is 4.90 Å². The van der Waals surface area contributed by atoms with Gasteiger partial charge >= 0.3 is 6.01 Å². The first-order valence-electron chi connectivity index (χ1n) is 14.6. The molecule has 3 aliphatic rings. The topological polar surface area (TPSA) is 102 Å². The second kappa shape index (κ2) is 12.4. The molecule has 0 saturated carbocycles. The molecule has 12 heteroatoms. The quantitative estimate of drug-likeness (QED) is 0.348. The number of anilines is 2. The van der Waals surface area contributed by atoms with Crippen LogP contribution in [-0.4, -0.2) is 89.1 Å². The van der Waals surface area contributed by atoms with Crippen molar-refractivity contribution < 1.29 is 13.9 Å². The number of pyridine rings is 1. The van der Waals surface area contributed by atoms with Gasteiger partial charge < -0.3 is 24.3 Å². The zero-order valence-electron chi connectivity index (χ0n) is 24.2. The molecule has 1 amide bonds. The highest BCUT2D eigenvalue weighted by Gasteiger charge is 2.35. The highest BCUT2D eigenvalue weighted by Crippen LogP contribution is 2.36. The van der Waals surface area contributed by atoms with Gasteiger partial charge in [-0.2, -0.15) is 15.2 Å². The molecule has 2 atom stereocenters. The molecule has 0 N–H and O–H groups in total. The van der Waals surface area contributed by atoms with Gasteiger partial charge in [-0.1, -0.05) is 34.6 Å². The van der Waals surface area contributed by atoms with Crippen molar-refractivity contribution in [2.75, 3.05) is 56.2 Å². The van der Waals surface area contributed by atoms with Crippen LogP contribution in [0.1, 0.15) is 30.5 Å². The van der Waals surface area contributed by atoms with Gasteiger partial charge in [0.05, 0.1) is 30.8 Å². The Morgan fingerprint density at radius 2 is 2.02 bits per heavy atom. The maximum atomic E-state index is 13.8. The van der Waals surface area contributed by atoms with E-state index in [0.717, 1.165) is 57.5 Å². The SMILES string of the molecule is C=C(F)C(=O)N1CCN(c2nc(OC[C@@H]3CCCN3C)nc3c2CCN(c2nccc4cccc(Br)c24)C3)C[C@@H]1CC#N. The fourth-order valence-corrected chi connectivity index (χ4v) is 6.97. The molecular weight excluding hydrogens is 615 g/mol. The van der Waals surface area contributed by atoms with Gasteiger partial charge in [-0.3, -0.25) is 4.79 Å². The van der Waals surface area contributed by atoms with Crippen LogP contribution in [0.5, 0.6) is 6.01 Å². The van der Waals surface area contributed by atoms with Crippen molar-refractivity contribution in [2.45, 2.75) is 44.3 Å². The van der Waals surface area contributed by atoms with E-state index >= 15 is 0 Å². The summed E-state index contributed by atoms with van der Waals surface area (Å²) in [5, 5.41) is 11.6. The first-order chi connectivity index (χ1) is 20.8. The number of likely N-dealkylation sites (N-methyl/N-ethyl adjacent to an activating group) is 1. The molecule has 3 aromatic rings. The molecule has 2 saturated heterocycles. The zero-order valence-corrected chi connectivity index (χ0v) is 25.8. The number of nitrogens with zero attached hydrogens (tertiary/aromatic N) is 8. The zero-order chi connectivity index (χ0) is 30.1. The van der Waals surface area contributed by atoms with E-state index in [4.69, 9.17) is 19.7 Å². The van der Waals surface area contributed by atoms with Crippen LogP contribution in [0.4, 0.5) is 16.0 Å². The number of ether oxygens (including phenoxy) is 1. The Morgan fingerprint density at radius 3 is 2.79 bits per heavy atom. The molecule has 0 spiro atoms. The lowest BCUT2D eigenvalue weighted by Crippen LogP contribution is -2.55. The number of rotatable bonds is 7. The second-order valence-electron chi connectivity index (χ2n) is 11.4. The summed E-state index contributed by atoms with van der Waals surface area (Å²) in [5.74, 6) is -0.144. The minimum atomic E-state index is -1.02. The monoisotopic (exact) mass is 648 g/mol. The summed E-state index contributed by atoms with van der Waals surface area (Å²) in [6.45, 7) is 7.01. The maximum Gasteiger partial charge on any atom is 0.318 e. The lowest BCUT2D eigenvalue weighted by molar-refractivity contribution is -0.131. The van der Waals surface area contributed by atoms with Crippen molar-refractivity contribution in [1.82, 2.24) is 24.8 Å². The fourth-order valence-electron chi connectivity index (χ4n) is 6.42. The van der Waals surface area contributed by atoms with Crippen molar-refractivity contribution in [3.05, 3.63) is 58.6 Å². The number of hydrogen-bond acceptors (Lipinski definition) is 9. The van der Waals surface area contributed by atoms with Crippen LogP contribution in [0, 0.1) is 11.3 Å². The molecule has 2 fully saturated rings. The summed E-state index contributed by atoms with van der Waals surface area (Å²) in [6, 6.07) is 10.4. The molecule has 2 aromatic heterocycles. The van der Waals surface area contributed by atoms with Gasteiger partial charge in [0, 0.05) is 53.8 Å². The number of hydrogen-bond donors (Lipinski definition) is 0. The third-order valence-electron chi connectivity index (χ3n) is 8.72. The minimum absolute atomic E-state index is 0.0789. The number of carbonyl (C=O) groups is 1. The highest BCUT2D eigenvalue weighted by molar-refractivity contribution is 9.10. The molecule has 224 valence electrons. The summed E-state index contributed by atoms with van der Waals surface area (Å²) in [6.07, 6.45) is 4.80. The maximum absolute atomic E-state index is 13.8. The summed E-state index contributed by atoms with van der Waals surface area (Å²) in [4.78, 5) is 35.1. The Balaban J connectivity index is 1.34. The van der Waals surface area contributed by atoms with Crippen LogP contribution in [0.25, 0.3) is 10.8 Å². The average molecular weight is 650 g/mol. The van der Waals surface area contributed by atoms with Crippen LogP contribution in [0.2, 0.25) is 0 Å². The normalized spacial score (nSPS) is 20.7. The fraction of sp³-hybridized carbons (Fsp3) is 0.452. The third-order valence-corrected chi connectivity index (χ3v) is 9.38. The number of benzene rings is 1. The van der Waals surface area contributed by atoms with E-state index in [0.29, 0.717) is 51.3 Å². The molecular formula is C31H34BrFN8O2. The van der Waals surface area contributed by atoms with E-state index in [-0.39, 0.29) is 13.0 Å². The van der Waals surface area contributed by atoms with Crippen LogP contribution in [0.3, 0.4) is 0 Å². The van der Waals surface area contributed by atoms with Crippen molar-refractivity contribution in [3.8, 4) is 12.1 Å². The molecule has 5 heterocycles. The van der Waals surface area contributed by atoms with Gasteiger partial charge in [0.1, 0.15) is 18.2 Å². The molecule has 0 aliphatic carbocycles. The Labute approximate surface area is 258 Å². The van der Waals surface area contributed by atoms with E-state index in [1.54, 1.807) is 0 Å². The van der Waals surface area contributed by atoms with E-state index in [9.17, 15) is 14.4 Å². The predicted octanol–water partition coefficient (Wildman–Crippen LogP) is 4.24. The third kappa shape index (κ3) is 5.88. The molecule has 1 aromatic carbocycles. The van der Waals surface area contributed by atoms with E-state index in [2.05, 4.69) is 56.4 Å². The lowest BCUT2D eigenvalue weighted by Gasteiger charge is -2.42. The smallest absolute Gasteiger partial charge is 0.318 e. The molecule has 6 rings (SSSR count). The Morgan fingerprint density at radius 1 is 1.16 bits per heavy atom. The molecule has 0 bridgehead atoms. The molecule has 43 heavy (non-hydrogen) atoms. The Kier molecular flexibility index (Phi) is 8.45. The number of amides is 1. The lowest BCUT2D eigenvalue weighted by atomic mass is 10.0. The molecule has 3 aliphatic heterocycles. The van der Waals surface area contributed by atoms with Crippen LogP contribution in [0.15, 0.2) is 47.3 Å². The number of fused-ring (bicyclic) bond motifs is 2. The second-order valence-corrected chi connectivity index (χ2v) is 12.2. The van der Waals surface area contributed by atoms with Gasteiger partial charge in [0.2, 0.25) is 0 Å². The van der Waals surface area contributed by atoms with Crippen LogP contribution < -0.4 is 14.5 Å². The standard InChI is InChI=1S/C31H34BrFN8O2/c1-20(33)30(42)41-16-15-40(17-22(41)8-11-34)28-24-10-14-39(29-27-21(9-12-35-29)5-3-7-25(27)32)18-26(24)36-31(37-28)43-19-23-6-4-13-38(23)2/h3,5,7,9,12,22-23H,1,4,6,8,10,13-19H2,2H3/t22-,23-/m0/s1. The van der Waals surface area contributed by atoms with Gasteiger partial charge in [-0.05, 0) is 50.4 Å². The Hall–Kier alpha value is -3.82. The average Bonchev–Trinajstić information content (AvgIpc) is 3.43. The van der Waals surface area contributed by atoms with Crippen molar-refractivity contribution in [3.63, 3.8) is 0 Å². The number of piperazine rings is 1. The van der Waals surface area contributed by atoms with E-state index < -0.39 is 17.8 Å². The van der Waals surface area contributed by atoms with Crippen LogP contribution in [-0.2, 0) is 17.8 Å². The largest absolute Gasteiger partial charge is 0.462 e. The summed E-state index contributed by atoms with van der Waals surface area (Å²) in [7, 11) is 2.11. The van der Waals surface area contributed by atoms with Gasteiger partial charge in [-0.15, -0.1) is 0 Å². The highest BCUT2D eigenvalue weighted by atomic mass is 79.9.